The Morgan fingerprint density at radius 2 is 2.19 bits per heavy atom. The number of aliphatic hydroxyl groups is 1. The number of urea groups is 1. The number of hydrogen-bond acceptors (Lipinski definition) is 3. The lowest BCUT2D eigenvalue weighted by Gasteiger charge is -2.24. The van der Waals surface area contributed by atoms with E-state index in [0.717, 1.165) is 30.7 Å². The zero-order valence-electron chi connectivity index (χ0n) is 13.4. The van der Waals surface area contributed by atoms with Crippen LogP contribution in [0.25, 0.3) is 0 Å². The monoisotopic (exact) mass is 294 g/mol. The molecule has 118 valence electrons. The summed E-state index contributed by atoms with van der Waals surface area (Å²) in [6.45, 7) is 6.48. The first-order chi connectivity index (χ1) is 9.93. The largest absolute Gasteiger partial charge is 0.395 e. The van der Waals surface area contributed by atoms with Crippen LogP contribution in [0, 0.1) is 13.8 Å². The van der Waals surface area contributed by atoms with Gasteiger partial charge in [-0.2, -0.15) is 5.10 Å². The Morgan fingerprint density at radius 3 is 2.67 bits per heavy atom. The third kappa shape index (κ3) is 3.75. The van der Waals surface area contributed by atoms with Crippen molar-refractivity contribution in [2.45, 2.75) is 52.1 Å². The van der Waals surface area contributed by atoms with Gasteiger partial charge in [0, 0.05) is 31.4 Å². The van der Waals surface area contributed by atoms with Gasteiger partial charge in [-0.05, 0) is 45.6 Å². The summed E-state index contributed by atoms with van der Waals surface area (Å²) in [5.41, 5.74) is 3.36. The van der Waals surface area contributed by atoms with Gasteiger partial charge in [0.15, 0.2) is 0 Å². The number of nitrogens with zero attached hydrogens (tertiary/aromatic N) is 3. The maximum absolute atomic E-state index is 12.3. The molecule has 21 heavy (non-hydrogen) atoms. The molecule has 1 fully saturated rings. The smallest absolute Gasteiger partial charge is 0.317 e. The number of aromatic nitrogens is 2. The summed E-state index contributed by atoms with van der Waals surface area (Å²) >= 11 is 0. The van der Waals surface area contributed by atoms with Crippen molar-refractivity contribution >= 4 is 6.03 Å². The molecular weight excluding hydrogens is 268 g/mol. The van der Waals surface area contributed by atoms with E-state index in [9.17, 15) is 4.79 Å². The van der Waals surface area contributed by atoms with Crippen molar-refractivity contribution in [3.8, 4) is 0 Å². The van der Waals surface area contributed by atoms with Crippen molar-refractivity contribution in [2.24, 2.45) is 7.05 Å². The summed E-state index contributed by atoms with van der Waals surface area (Å²) in [6.07, 6.45) is 2.86. The molecule has 1 saturated carbocycles. The highest BCUT2D eigenvalue weighted by atomic mass is 16.3. The molecule has 2 N–H and O–H groups in total. The van der Waals surface area contributed by atoms with Gasteiger partial charge in [0.05, 0.1) is 12.3 Å². The number of carbonyl (C=O) groups excluding carboxylic acids is 1. The van der Waals surface area contributed by atoms with E-state index in [0.29, 0.717) is 12.6 Å². The number of aryl methyl sites for hydroxylation is 2. The standard InChI is InChI=1S/C15H26N4O2/c1-10(9-14-11(2)17-18(4)12(14)3)16-15(21)19(7-8-20)13-5-6-13/h10,13,20H,5-9H2,1-4H3,(H,16,21)/t10-/m1/s1. The van der Waals surface area contributed by atoms with Crippen molar-refractivity contribution in [3.05, 3.63) is 17.0 Å². The van der Waals surface area contributed by atoms with Gasteiger partial charge in [-0.3, -0.25) is 4.68 Å². The molecule has 0 radical (unpaired) electrons. The number of rotatable bonds is 6. The summed E-state index contributed by atoms with van der Waals surface area (Å²) < 4.78 is 1.88. The molecule has 1 aliphatic carbocycles. The summed E-state index contributed by atoms with van der Waals surface area (Å²) in [5.74, 6) is 0. The molecule has 6 heteroatoms. The lowest BCUT2D eigenvalue weighted by atomic mass is 10.1. The first kappa shape index (κ1) is 15.8. The highest BCUT2D eigenvalue weighted by molar-refractivity contribution is 5.75. The molecule has 0 aliphatic heterocycles. The summed E-state index contributed by atoms with van der Waals surface area (Å²) in [6, 6.07) is 0.281. The van der Waals surface area contributed by atoms with Crippen LogP contribution in [-0.2, 0) is 13.5 Å². The topological polar surface area (TPSA) is 70.4 Å². The van der Waals surface area contributed by atoms with Gasteiger partial charge in [0.2, 0.25) is 0 Å². The number of amides is 2. The van der Waals surface area contributed by atoms with Crippen LogP contribution in [0.2, 0.25) is 0 Å². The third-order valence-electron chi connectivity index (χ3n) is 4.13. The number of aliphatic hydroxyl groups excluding tert-OH is 1. The van der Waals surface area contributed by atoms with E-state index in [1.165, 1.54) is 5.56 Å². The highest BCUT2D eigenvalue weighted by Crippen LogP contribution is 2.26. The maximum Gasteiger partial charge on any atom is 0.317 e. The van der Waals surface area contributed by atoms with E-state index in [1.54, 1.807) is 4.90 Å². The Bertz CT molecular complexity index is 508. The second-order valence-corrected chi connectivity index (χ2v) is 5.98. The molecule has 0 unspecified atom stereocenters. The first-order valence-electron chi connectivity index (χ1n) is 7.61. The molecule has 0 saturated heterocycles. The molecule has 1 aromatic rings. The molecule has 1 heterocycles. The Morgan fingerprint density at radius 1 is 1.52 bits per heavy atom. The van der Waals surface area contributed by atoms with Gasteiger partial charge >= 0.3 is 6.03 Å². The second kappa shape index (κ2) is 6.47. The van der Waals surface area contributed by atoms with Crippen LogP contribution in [0.3, 0.4) is 0 Å². The quantitative estimate of drug-likeness (QED) is 0.826. The minimum atomic E-state index is -0.0711. The van der Waals surface area contributed by atoms with Gasteiger partial charge < -0.3 is 15.3 Å². The molecule has 0 aromatic carbocycles. The predicted octanol–water partition coefficient (Wildman–Crippen LogP) is 1.13. The van der Waals surface area contributed by atoms with Crippen molar-refractivity contribution in [2.75, 3.05) is 13.2 Å². The number of nitrogens with one attached hydrogen (secondary N) is 1. The number of hydrogen-bond donors (Lipinski definition) is 2. The van der Waals surface area contributed by atoms with E-state index >= 15 is 0 Å². The minimum absolute atomic E-state index is 0.0130. The Kier molecular flexibility index (Phi) is 4.88. The van der Waals surface area contributed by atoms with Crippen molar-refractivity contribution in [1.82, 2.24) is 20.0 Å². The van der Waals surface area contributed by atoms with Crippen LogP contribution in [0.4, 0.5) is 4.79 Å². The fourth-order valence-corrected chi connectivity index (χ4v) is 2.71. The lowest BCUT2D eigenvalue weighted by molar-refractivity contribution is 0.171. The summed E-state index contributed by atoms with van der Waals surface area (Å²) in [4.78, 5) is 14.0. The summed E-state index contributed by atoms with van der Waals surface area (Å²) in [7, 11) is 1.94. The fourth-order valence-electron chi connectivity index (χ4n) is 2.71. The molecule has 2 amide bonds. The zero-order chi connectivity index (χ0) is 15.6. The van der Waals surface area contributed by atoms with Gasteiger partial charge in [0.25, 0.3) is 0 Å². The molecule has 0 bridgehead atoms. The van der Waals surface area contributed by atoms with Gasteiger partial charge in [0.1, 0.15) is 0 Å². The van der Waals surface area contributed by atoms with Gasteiger partial charge in [-0.15, -0.1) is 0 Å². The first-order valence-corrected chi connectivity index (χ1v) is 7.61. The van der Waals surface area contributed by atoms with Crippen LogP contribution >= 0.6 is 0 Å². The fraction of sp³-hybridized carbons (Fsp3) is 0.733. The Balaban J connectivity index is 1.94. The van der Waals surface area contributed by atoms with Crippen molar-refractivity contribution in [3.63, 3.8) is 0 Å². The van der Waals surface area contributed by atoms with Crippen molar-refractivity contribution in [1.29, 1.82) is 0 Å². The van der Waals surface area contributed by atoms with E-state index < -0.39 is 0 Å². The zero-order valence-corrected chi connectivity index (χ0v) is 13.4. The average Bonchev–Trinajstić information content (AvgIpc) is 3.21. The molecular formula is C15H26N4O2. The van der Waals surface area contributed by atoms with Gasteiger partial charge in [-0.1, -0.05) is 0 Å². The summed E-state index contributed by atoms with van der Waals surface area (Å²) in [5, 5.41) is 16.5. The van der Waals surface area contributed by atoms with Crippen LogP contribution < -0.4 is 5.32 Å². The molecule has 1 aromatic heterocycles. The second-order valence-electron chi connectivity index (χ2n) is 5.98. The van der Waals surface area contributed by atoms with Crippen LogP contribution in [0.1, 0.15) is 36.7 Å². The molecule has 6 nitrogen and oxygen atoms in total. The van der Waals surface area contributed by atoms with Crippen LogP contribution in [0.5, 0.6) is 0 Å². The third-order valence-corrected chi connectivity index (χ3v) is 4.13. The minimum Gasteiger partial charge on any atom is -0.395 e. The van der Waals surface area contributed by atoms with Crippen LogP contribution in [-0.4, -0.2) is 51.1 Å². The Labute approximate surface area is 126 Å². The maximum atomic E-state index is 12.3. The molecule has 0 spiro atoms. The normalized spacial score (nSPS) is 15.9. The van der Waals surface area contributed by atoms with E-state index in [-0.39, 0.29) is 18.7 Å². The van der Waals surface area contributed by atoms with E-state index in [1.807, 2.05) is 32.5 Å². The van der Waals surface area contributed by atoms with E-state index in [4.69, 9.17) is 5.11 Å². The Hall–Kier alpha value is -1.56. The lowest BCUT2D eigenvalue weighted by Crippen LogP contribution is -2.46. The predicted molar refractivity (Wildman–Crippen MR) is 81.2 cm³/mol. The van der Waals surface area contributed by atoms with E-state index in [2.05, 4.69) is 10.4 Å². The highest BCUT2D eigenvalue weighted by Gasteiger charge is 2.32. The molecule has 1 aliphatic rings. The van der Waals surface area contributed by atoms with Crippen molar-refractivity contribution < 1.29 is 9.90 Å². The SMILES string of the molecule is Cc1nn(C)c(C)c1C[C@@H](C)NC(=O)N(CCO)C1CC1. The molecule has 1 atom stereocenters. The van der Waals surface area contributed by atoms with Crippen LogP contribution in [0.15, 0.2) is 0 Å². The molecule has 2 rings (SSSR count). The number of carbonyl (C=O) groups is 1. The van der Waals surface area contributed by atoms with Gasteiger partial charge in [-0.25, -0.2) is 4.79 Å². The average molecular weight is 294 g/mol.